The summed E-state index contributed by atoms with van der Waals surface area (Å²) in [6.45, 7) is 0. The molecule has 0 aromatic heterocycles. The Kier molecular flexibility index (Phi) is 5.22. The summed E-state index contributed by atoms with van der Waals surface area (Å²) in [4.78, 5) is 1.19. The smallest absolute Gasteiger partial charge is 0.151 e. The lowest BCUT2D eigenvalue weighted by molar-refractivity contribution is 1.44. The number of amidine groups is 1. The van der Waals surface area contributed by atoms with Crippen molar-refractivity contribution in [2.45, 2.75) is 4.90 Å². The predicted molar refractivity (Wildman–Crippen MR) is 66.5 cm³/mol. The van der Waals surface area contributed by atoms with Crippen LogP contribution in [0.25, 0.3) is 0 Å². The average molecular weight is 247 g/mol. The molecule has 0 aliphatic carbocycles. The van der Waals surface area contributed by atoms with E-state index in [2.05, 4.69) is 0 Å². The molecule has 2 nitrogen and oxygen atoms in total. The van der Waals surface area contributed by atoms with Crippen molar-refractivity contribution in [1.29, 1.82) is 5.41 Å². The van der Waals surface area contributed by atoms with Crippen molar-refractivity contribution >= 4 is 40.3 Å². The number of benzene rings is 1. The number of thioether (sulfide) groups is 2. The van der Waals surface area contributed by atoms with E-state index in [4.69, 9.17) is 22.7 Å². The highest BCUT2D eigenvalue weighted by Crippen LogP contribution is 2.21. The van der Waals surface area contributed by atoms with Gasteiger partial charge >= 0.3 is 0 Å². The fourth-order valence-electron chi connectivity index (χ4n) is 0.842. The Hall–Kier alpha value is -0.320. The lowest BCUT2D eigenvalue weighted by Gasteiger charge is -2.00. The Morgan fingerprint density at radius 1 is 1.29 bits per heavy atom. The number of rotatable bonds is 4. The zero-order chi connectivity index (χ0) is 10.4. The minimum Gasteiger partial charge on any atom is -0.379 e. The highest BCUT2D eigenvalue weighted by Gasteiger charge is 1.95. The zero-order valence-corrected chi connectivity index (χ0v) is 9.88. The molecule has 0 atom stereocenters. The van der Waals surface area contributed by atoms with Gasteiger partial charge in [-0.05, 0) is 24.3 Å². The van der Waals surface area contributed by atoms with Gasteiger partial charge in [0.1, 0.15) is 0 Å². The minimum absolute atomic E-state index is 0.182. The lowest BCUT2D eigenvalue weighted by Crippen LogP contribution is -2.05. The molecule has 1 aromatic carbocycles. The van der Waals surface area contributed by atoms with Gasteiger partial charge in [-0.1, -0.05) is 23.4 Å². The van der Waals surface area contributed by atoms with Crippen LogP contribution in [0.3, 0.4) is 0 Å². The molecule has 3 N–H and O–H groups in total. The Morgan fingerprint density at radius 3 is 2.50 bits per heavy atom. The second-order valence-electron chi connectivity index (χ2n) is 2.52. The summed E-state index contributed by atoms with van der Waals surface area (Å²) in [5, 5.41) is 7.96. The maximum absolute atomic E-state index is 7.02. The van der Waals surface area contributed by atoms with Crippen molar-refractivity contribution in [3.05, 3.63) is 29.3 Å². The molecule has 0 amide bonds. The van der Waals surface area contributed by atoms with Crippen LogP contribution in [-0.4, -0.2) is 16.7 Å². The van der Waals surface area contributed by atoms with E-state index in [1.165, 1.54) is 16.7 Å². The highest BCUT2D eigenvalue weighted by atomic mass is 35.5. The van der Waals surface area contributed by atoms with Gasteiger partial charge in [-0.15, -0.1) is 11.8 Å². The molecule has 1 aromatic rings. The van der Waals surface area contributed by atoms with Crippen molar-refractivity contribution < 1.29 is 0 Å². The Labute approximate surface area is 97.1 Å². The van der Waals surface area contributed by atoms with Crippen LogP contribution in [-0.2, 0) is 0 Å². The van der Waals surface area contributed by atoms with Crippen LogP contribution in [0.2, 0.25) is 5.02 Å². The predicted octanol–water partition coefficient (Wildman–Crippen LogP) is 3.06. The Balaban J connectivity index is 2.25. The van der Waals surface area contributed by atoms with Crippen molar-refractivity contribution in [2.75, 3.05) is 11.5 Å². The zero-order valence-electron chi connectivity index (χ0n) is 7.50. The van der Waals surface area contributed by atoms with Gasteiger partial charge in [0.2, 0.25) is 0 Å². The largest absolute Gasteiger partial charge is 0.379 e. The van der Waals surface area contributed by atoms with Crippen LogP contribution in [0.15, 0.2) is 29.2 Å². The number of nitrogens with one attached hydrogen (secondary N) is 1. The third-order valence-electron chi connectivity index (χ3n) is 1.42. The molecule has 76 valence electrons. The summed E-state index contributed by atoms with van der Waals surface area (Å²) in [5.74, 6) is 1.81. The fourth-order valence-corrected chi connectivity index (χ4v) is 2.42. The van der Waals surface area contributed by atoms with Crippen molar-refractivity contribution in [1.82, 2.24) is 0 Å². The van der Waals surface area contributed by atoms with E-state index in [1.807, 2.05) is 24.3 Å². The summed E-state index contributed by atoms with van der Waals surface area (Å²) in [5.41, 5.74) is 5.21. The van der Waals surface area contributed by atoms with E-state index in [0.717, 1.165) is 16.5 Å². The summed E-state index contributed by atoms with van der Waals surface area (Å²) >= 11 is 8.86. The van der Waals surface area contributed by atoms with Gasteiger partial charge in [0.05, 0.1) is 0 Å². The van der Waals surface area contributed by atoms with Gasteiger partial charge in [0.15, 0.2) is 5.17 Å². The molecule has 0 bridgehead atoms. The summed E-state index contributed by atoms with van der Waals surface area (Å²) < 4.78 is 0. The number of hydrogen-bond acceptors (Lipinski definition) is 3. The molecule has 0 saturated carbocycles. The molecule has 0 saturated heterocycles. The maximum atomic E-state index is 7.02. The van der Waals surface area contributed by atoms with Crippen LogP contribution in [0.4, 0.5) is 0 Å². The number of nitrogens with two attached hydrogens (primary N) is 1. The van der Waals surface area contributed by atoms with Gasteiger partial charge in [0, 0.05) is 21.4 Å². The molecular formula is C9H11ClN2S2. The first-order chi connectivity index (χ1) is 6.68. The molecule has 5 heteroatoms. The summed E-state index contributed by atoms with van der Waals surface area (Å²) in [7, 11) is 0. The first kappa shape index (κ1) is 11.8. The normalized spacial score (nSPS) is 10.1. The standard InChI is InChI=1S/C9H11ClN2S2/c10-7-1-3-8(4-2-7)13-5-6-14-9(11)12/h1-4H,5-6H2,(H3,11,12). The molecule has 14 heavy (non-hydrogen) atoms. The summed E-state index contributed by atoms with van der Waals surface area (Å²) in [6.07, 6.45) is 0. The van der Waals surface area contributed by atoms with Gasteiger partial charge in [0.25, 0.3) is 0 Å². The topological polar surface area (TPSA) is 49.9 Å². The van der Waals surface area contributed by atoms with Gasteiger partial charge in [-0.3, -0.25) is 5.41 Å². The molecule has 0 spiro atoms. The molecule has 0 fully saturated rings. The SMILES string of the molecule is N=C(N)SCCSc1ccc(Cl)cc1. The third-order valence-corrected chi connectivity index (χ3v) is 3.67. The monoisotopic (exact) mass is 246 g/mol. The van der Waals surface area contributed by atoms with E-state index in [9.17, 15) is 0 Å². The van der Waals surface area contributed by atoms with Crippen LogP contribution in [0.1, 0.15) is 0 Å². The quantitative estimate of drug-likeness (QED) is 0.372. The molecule has 0 aliphatic rings. The Morgan fingerprint density at radius 2 is 1.93 bits per heavy atom. The average Bonchev–Trinajstić information content (AvgIpc) is 2.15. The second kappa shape index (κ2) is 6.22. The first-order valence-corrected chi connectivity index (χ1v) is 6.38. The Bertz CT molecular complexity index is 300. The maximum Gasteiger partial charge on any atom is 0.151 e. The molecule has 1 rings (SSSR count). The van der Waals surface area contributed by atoms with Crippen LogP contribution >= 0.6 is 35.1 Å². The molecule has 0 radical (unpaired) electrons. The third kappa shape index (κ3) is 4.79. The van der Waals surface area contributed by atoms with Crippen molar-refractivity contribution in [2.24, 2.45) is 5.73 Å². The minimum atomic E-state index is 0.182. The van der Waals surface area contributed by atoms with Crippen LogP contribution in [0, 0.1) is 5.41 Å². The van der Waals surface area contributed by atoms with E-state index >= 15 is 0 Å². The van der Waals surface area contributed by atoms with E-state index in [1.54, 1.807) is 11.8 Å². The van der Waals surface area contributed by atoms with Crippen LogP contribution in [0.5, 0.6) is 0 Å². The number of hydrogen-bond donors (Lipinski definition) is 2. The van der Waals surface area contributed by atoms with Crippen molar-refractivity contribution in [3.8, 4) is 0 Å². The van der Waals surface area contributed by atoms with Gasteiger partial charge in [-0.2, -0.15) is 0 Å². The summed E-state index contributed by atoms with van der Waals surface area (Å²) in [6, 6.07) is 7.74. The molecular weight excluding hydrogens is 236 g/mol. The first-order valence-electron chi connectivity index (χ1n) is 4.03. The van der Waals surface area contributed by atoms with E-state index < -0.39 is 0 Å². The molecule has 0 aliphatic heterocycles. The van der Waals surface area contributed by atoms with Gasteiger partial charge < -0.3 is 5.73 Å². The molecule has 0 unspecified atom stereocenters. The molecule has 0 heterocycles. The van der Waals surface area contributed by atoms with E-state index in [0.29, 0.717) is 0 Å². The van der Waals surface area contributed by atoms with Crippen LogP contribution < -0.4 is 5.73 Å². The van der Waals surface area contributed by atoms with Crippen molar-refractivity contribution in [3.63, 3.8) is 0 Å². The number of halogens is 1. The second-order valence-corrected chi connectivity index (χ2v) is 5.26. The van der Waals surface area contributed by atoms with E-state index in [-0.39, 0.29) is 5.17 Å². The lowest BCUT2D eigenvalue weighted by atomic mass is 10.4. The highest BCUT2D eigenvalue weighted by molar-refractivity contribution is 8.14. The van der Waals surface area contributed by atoms with Gasteiger partial charge in [-0.25, -0.2) is 0 Å². The fraction of sp³-hybridized carbons (Fsp3) is 0.222.